The molecule has 0 aromatic carbocycles. The first-order valence-corrected chi connectivity index (χ1v) is 9.87. The summed E-state index contributed by atoms with van der Waals surface area (Å²) in [6.45, 7) is 10.7. The van der Waals surface area contributed by atoms with Gasteiger partial charge in [0.15, 0.2) is 0 Å². The van der Waals surface area contributed by atoms with Crippen LogP contribution in [0.4, 0.5) is 4.79 Å². The first kappa shape index (κ1) is 38.0. The van der Waals surface area contributed by atoms with Crippen molar-refractivity contribution in [3.05, 3.63) is 20.9 Å². The Morgan fingerprint density at radius 2 is 1.24 bits per heavy atom. The monoisotopic (exact) mass is 480 g/mol. The maximum Gasteiger partial charge on any atom is 0.407 e. The Hall–Kier alpha value is -2.31. The smallest absolute Gasteiger partial charge is 0.407 e. The molecule has 1 amide bonds. The zero-order valence-corrected chi connectivity index (χ0v) is 18.7. The van der Waals surface area contributed by atoms with Crippen molar-refractivity contribution in [1.29, 1.82) is 0 Å². The van der Waals surface area contributed by atoms with Crippen molar-refractivity contribution in [3.63, 3.8) is 0 Å². The molecule has 14 heteroatoms. The predicted molar refractivity (Wildman–Crippen MR) is 128 cm³/mol. The molecule has 0 spiro atoms. The molecule has 0 saturated heterocycles. The lowest BCUT2D eigenvalue weighted by Crippen LogP contribution is -2.34. The maximum atomic E-state index is 11.2. The van der Waals surface area contributed by atoms with Crippen LogP contribution in [-0.2, 0) is 23.7 Å². The van der Waals surface area contributed by atoms with E-state index >= 15 is 0 Å². The van der Waals surface area contributed by atoms with E-state index in [1.807, 2.05) is 0 Å². The zero-order chi connectivity index (χ0) is 23.6. The number of ether oxygens (including phenoxy) is 5. The molecule has 0 unspecified atom stereocenters. The first-order chi connectivity index (χ1) is 14.9. The molecule has 0 saturated carbocycles. The summed E-state index contributed by atoms with van der Waals surface area (Å²) in [6.07, 6.45) is -0.457. The van der Waals surface area contributed by atoms with Gasteiger partial charge in [-0.05, 0) is 31.8 Å². The number of nitrogens with two attached hydrogens (primary N) is 1. The molecule has 0 aromatic rings. The van der Waals surface area contributed by atoms with Crippen molar-refractivity contribution in [2.24, 2.45) is 16.0 Å². The average molecular weight is 481 g/mol. The average Bonchev–Trinajstić information content (AvgIpc) is 2.70. The molecule has 0 heterocycles. The Morgan fingerprint density at radius 3 is 1.64 bits per heavy atom. The molecule has 3 N–H and O–H groups in total. The molecule has 196 valence electrons. The van der Waals surface area contributed by atoms with E-state index in [9.17, 15) is 4.79 Å². The van der Waals surface area contributed by atoms with Crippen LogP contribution < -0.4 is 11.1 Å². The van der Waals surface area contributed by atoms with Gasteiger partial charge in [0.25, 0.3) is 0 Å². The largest absolute Gasteiger partial charge is 0.444 e. The summed E-state index contributed by atoms with van der Waals surface area (Å²) in [6, 6.07) is 0. The highest BCUT2D eigenvalue weighted by Gasteiger charge is 2.15. The summed E-state index contributed by atoms with van der Waals surface area (Å²) >= 11 is 0. The summed E-state index contributed by atoms with van der Waals surface area (Å²) in [7, 11) is 0. The number of hydrogen-bond donors (Lipinski definition) is 2. The molecule has 0 aliphatic carbocycles. The third-order valence-electron chi connectivity index (χ3n) is 2.72. The van der Waals surface area contributed by atoms with Gasteiger partial charge in [-0.2, -0.15) is 0 Å². The molecule has 14 nitrogen and oxygen atoms in total. The molecular weight excluding hydrogens is 436 g/mol. The van der Waals surface area contributed by atoms with Crippen LogP contribution in [0, 0.1) is 0 Å². The number of azide groups is 2. The Bertz CT molecular complexity index is 521. The Labute approximate surface area is 197 Å². The quantitative estimate of drug-likeness (QED) is 0.137. The van der Waals surface area contributed by atoms with E-state index in [2.05, 4.69) is 25.4 Å². The van der Waals surface area contributed by atoms with Crippen LogP contribution in [0.5, 0.6) is 0 Å². The van der Waals surface area contributed by atoms with E-state index in [0.717, 1.165) is 0 Å². The normalized spacial score (nSPS) is 9.58. The Morgan fingerprint density at radius 1 is 0.818 bits per heavy atom. The van der Waals surface area contributed by atoms with Gasteiger partial charge in [-0.3, -0.25) is 0 Å². The Balaban J connectivity index is -0.000000262. The van der Waals surface area contributed by atoms with Gasteiger partial charge in [0.05, 0.1) is 52.9 Å². The van der Waals surface area contributed by atoms with Crippen molar-refractivity contribution < 1.29 is 28.5 Å². The summed E-state index contributed by atoms with van der Waals surface area (Å²) in [5.74, 6) is 0. The second kappa shape index (κ2) is 29.7. The summed E-state index contributed by atoms with van der Waals surface area (Å²) in [4.78, 5) is 16.4. The SMILES string of the molecule is C.C.CC(C)(C)OC(=O)NCCOCCOCCN=[N+]=[N-].[N-]=[N+]=NCCOCCOCCN. The molecule has 0 bridgehead atoms. The molecule has 0 fully saturated rings. The minimum absolute atomic E-state index is 0. The fraction of sp³-hybridized carbons (Fsp3) is 0.947. The zero-order valence-electron chi connectivity index (χ0n) is 18.7. The fourth-order valence-electron chi connectivity index (χ4n) is 1.57. The van der Waals surface area contributed by atoms with E-state index < -0.39 is 11.7 Å². The van der Waals surface area contributed by atoms with Crippen LogP contribution in [0.2, 0.25) is 0 Å². The van der Waals surface area contributed by atoms with Gasteiger partial charge >= 0.3 is 6.09 Å². The van der Waals surface area contributed by atoms with Crippen LogP contribution >= 0.6 is 0 Å². The van der Waals surface area contributed by atoms with Crippen LogP contribution in [0.25, 0.3) is 20.9 Å². The highest BCUT2D eigenvalue weighted by molar-refractivity contribution is 5.67. The van der Waals surface area contributed by atoms with Crippen molar-refractivity contribution >= 4 is 6.09 Å². The third kappa shape index (κ3) is 40.6. The van der Waals surface area contributed by atoms with Gasteiger partial charge in [-0.15, -0.1) is 0 Å². The lowest BCUT2D eigenvalue weighted by Gasteiger charge is -2.19. The number of carbonyl (C=O) groups is 1. The van der Waals surface area contributed by atoms with Crippen molar-refractivity contribution in [2.75, 3.05) is 79.0 Å². The molecule has 0 atom stereocenters. The van der Waals surface area contributed by atoms with Gasteiger partial charge in [-0.25, -0.2) is 4.79 Å². The minimum Gasteiger partial charge on any atom is -0.444 e. The number of hydrogen-bond acceptors (Lipinski definition) is 9. The van der Waals surface area contributed by atoms with Crippen molar-refractivity contribution in [3.8, 4) is 0 Å². The topological polar surface area (TPSA) is 199 Å². The predicted octanol–water partition coefficient (Wildman–Crippen LogP) is 3.42. The van der Waals surface area contributed by atoms with Gasteiger partial charge in [0.2, 0.25) is 0 Å². The molecule has 33 heavy (non-hydrogen) atoms. The van der Waals surface area contributed by atoms with Crippen LogP contribution in [0.1, 0.15) is 35.6 Å². The molecule has 0 aromatic heterocycles. The van der Waals surface area contributed by atoms with E-state index in [1.54, 1.807) is 20.8 Å². The lowest BCUT2D eigenvalue weighted by molar-refractivity contribution is 0.0412. The highest BCUT2D eigenvalue weighted by Crippen LogP contribution is 2.05. The van der Waals surface area contributed by atoms with Crippen LogP contribution in [0.15, 0.2) is 10.2 Å². The standard InChI is InChI=1S/C11H22N4O4.C6H14N4O2.2CH4/c1-11(2,3)19-10(16)13-4-6-17-8-9-18-7-5-14-15-12;7-1-3-11-5-6-12-4-2-9-10-8;;/h4-9H2,1-3H3,(H,13,16);1-7H2;2*1H4. The van der Waals surface area contributed by atoms with Crippen molar-refractivity contribution in [1.82, 2.24) is 5.32 Å². The van der Waals surface area contributed by atoms with E-state index in [-0.39, 0.29) is 14.9 Å². The summed E-state index contributed by atoms with van der Waals surface area (Å²) in [5, 5.41) is 9.20. The number of alkyl carbamates (subject to hydrolysis) is 1. The number of nitrogens with zero attached hydrogens (tertiary/aromatic N) is 6. The maximum absolute atomic E-state index is 11.2. The number of amides is 1. The number of nitrogens with one attached hydrogen (secondary N) is 1. The highest BCUT2D eigenvalue weighted by atomic mass is 16.6. The molecule has 0 aliphatic heterocycles. The molecule has 0 aliphatic rings. The Kier molecular flexibility index (Phi) is 34.2. The van der Waals surface area contributed by atoms with Gasteiger partial charge in [0, 0.05) is 36.0 Å². The van der Waals surface area contributed by atoms with Gasteiger partial charge in [0.1, 0.15) is 5.60 Å². The van der Waals surface area contributed by atoms with Crippen LogP contribution in [0.3, 0.4) is 0 Å². The second-order valence-corrected chi connectivity index (χ2v) is 6.58. The number of carbonyl (C=O) groups excluding carboxylic acids is 1. The lowest BCUT2D eigenvalue weighted by atomic mass is 10.2. The number of rotatable bonds is 17. The molecule has 0 radical (unpaired) electrons. The second-order valence-electron chi connectivity index (χ2n) is 6.58. The fourth-order valence-corrected chi connectivity index (χ4v) is 1.57. The van der Waals surface area contributed by atoms with Gasteiger partial charge < -0.3 is 34.7 Å². The van der Waals surface area contributed by atoms with Gasteiger partial charge in [-0.1, -0.05) is 25.1 Å². The first-order valence-electron chi connectivity index (χ1n) is 9.87. The summed E-state index contributed by atoms with van der Waals surface area (Å²) in [5.41, 5.74) is 20.6. The molecule has 0 rings (SSSR count). The van der Waals surface area contributed by atoms with E-state index in [1.165, 1.54) is 0 Å². The van der Waals surface area contributed by atoms with E-state index in [0.29, 0.717) is 79.0 Å². The van der Waals surface area contributed by atoms with Crippen LogP contribution in [-0.4, -0.2) is 90.7 Å². The summed E-state index contributed by atoms with van der Waals surface area (Å²) < 4.78 is 25.5. The van der Waals surface area contributed by atoms with Crippen molar-refractivity contribution in [2.45, 2.75) is 41.2 Å². The molecular formula is C19H44N8O6. The third-order valence-corrected chi connectivity index (χ3v) is 2.72. The van der Waals surface area contributed by atoms with E-state index in [4.69, 9.17) is 40.5 Å². The minimum atomic E-state index is -0.495.